The average molecular weight is 538 g/mol. The Morgan fingerprint density at radius 3 is 2.72 bits per heavy atom. The first-order valence-electron chi connectivity index (χ1n) is 10.6. The molecule has 1 unspecified atom stereocenters. The molecule has 0 spiro atoms. The minimum absolute atomic E-state index is 0.0228. The summed E-state index contributed by atoms with van der Waals surface area (Å²) in [6, 6.07) is 7.51. The maximum Gasteiger partial charge on any atom is 0.416 e. The van der Waals surface area contributed by atoms with E-state index in [1.165, 1.54) is 30.7 Å². The SMILES string of the molecule is Cc1nc(-c2cc(C(F)(F)F)ccc2OC2CCOc3cc(S(=O)(=O)Nc4nccs4)ccc32)co1. The number of halogens is 3. The highest BCUT2D eigenvalue weighted by Crippen LogP contribution is 2.42. The van der Waals surface area contributed by atoms with Crippen molar-refractivity contribution < 1.29 is 35.5 Å². The lowest BCUT2D eigenvalue weighted by atomic mass is 10.0. The second-order valence-corrected chi connectivity index (χ2v) is 10.4. The van der Waals surface area contributed by atoms with E-state index in [2.05, 4.69) is 14.7 Å². The Bertz CT molecular complexity index is 1500. The number of nitrogens with zero attached hydrogens (tertiary/aromatic N) is 2. The van der Waals surface area contributed by atoms with Crippen LogP contribution in [0.4, 0.5) is 18.3 Å². The van der Waals surface area contributed by atoms with Gasteiger partial charge < -0.3 is 13.9 Å². The second-order valence-electron chi connectivity index (χ2n) is 7.85. The number of hydrogen-bond acceptors (Lipinski definition) is 8. The lowest BCUT2D eigenvalue weighted by Gasteiger charge is -2.28. The first kappa shape index (κ1) is 24.1. The number of sulfonamides is 1. The summed E-state index contributed by atoms with van der Waals surface area (Å²) >= 11 is 1.14. The third-order valence-corrected chi connectivity index (χ3v) is 7.56. The van der Waals surface area contributed by atoms with Crippen LogP contribution in [0.3, 0.4) is 0 Å². The number of hydrogen-bond donors (Lipinski definition) is 1. The number of ether oxygens (including phenoxy) is 2. The van der Waals surface area contributed by atoms with E-state index in [-0.39, 0.29) is 33.6 Å². The van der Waals surface area contributed by atoms with Gasteiger partial charge in [-0.2, -0.15) is 13.2 Å². The van der Waals surface area contributed by atoms with E-state index in [1.807, 2.05) is 0 Å². The van der Waals surface area contributed by atoms with E-state index < -0.39 is 27.9 Å². The predicted octanol–water partition coefficient (Wildman–Crippen LogP) is 5.83. The molecular weight excluding hydrogens is 519 g/mol. The highest BCUT2D eigenvalue weighted by atomic mass is 32.2. The van der Waals surface area contributed by atoms with Crippen LogP contribution in [0, 0.1) is 6.92 Å². The van der Waals surface area contributed by atoms with Gasteiger partial charge in [0.05, 0.1) is 17.1 Å². The number of rotatable bonds is 6. The van der Waals surface area contributed by atoms with Gasteiger partial charge in [0.2, 0.25) is 0 Å². The molecular formula is C23H18F3N3O5S2. The Labute approximate surface area is 207 Å². The van der Waals surface area contributed by atoms with Gasteiger partial charge in [-0.3, -0.25) is 4.72 Å². The van der Waals surface area contributed by atoms with Gasteiger partial charge in [-0.15, -0.1) is 11.3 Å². The van der Waals surface area contributed by atoms with E-state index >= 15 is 0 Å². The number of alkyl halides is 3. The summed E-state index contributed by atoms with van der Waals surface area (Å²) in [5, 5.41) is 1.87. The van der Waals surface area contributed by atoms with Crippen molar-refractivity contribution in [1.82, 2.24) is 9.97 Å². The Morgan fingerprint density at radius 2 is 2.03 bits per heavy atom. The zero-order chi connectivity index (χ0) is 25.5. The third kappa shape index (κ3) is 4.88. The molecule has 0 saturated carbocycles. The summed E-state index contributed by atoms with van der Waals surface area (Å²) in [4.78, 5) is 8.06. The summed E-state index contributed by atoms with van der Waals surface area (Å²) in [6.45, 7) is 1.81. The van der Waals surface area contributed by atoms with Crippen LogP contribution in [-0.4, -0.2) is 25.0 Å². The van der Waals surface area contributed by atoms with Gasteiger partial charge in [0.25, 0.3) is 10.0 Å². The smallest absolute Gasteiger partial charge is 0.416 e. The van der Waals surface area contributed by atoms with Crippen molar-refractivity contribution in [3.8, 4) is 22.8 Å². The quantitative estimate of drug-likeness (QED) is 0.330. The fourth-order valence-electron chi connectivity index (χ4n) is 3.72. The zero-order valence-corrected chi connectivity index (χ0v) is 20.2. The monoisotopic (exact) mass is 537 g/mol. The van der Waals surface area contributed by atoms with Gasteiger partial charge in [0.1, 0.15) is 29.6 Å². The second kappa shape index (κ2) is 9.13. The molecule has 4 aromatic rings. The van der Waals surface area contributed by atoms with Crippen LogP contribution in [-0.2, 0) is 16.2 Å². The van der Waals surface area contributed by atoms with Crippen molar-refractivity contribution in [2.24, 2.45) is 0 Å². The van der Waals surface area contributed by atoms with Gasteiger partial charge in [-0.05, 0) is 24.3 Å². The molecule has 1 aliphatic heterocycles. The van der Waals surface area contributed by atoms with Crippen molar-refractivity contribution in [1.29, 1.82) is 0 Å². The molecule has 0 saturated heterocycles. The molecule has 0 amide bonds. The zero-order valence-electron chi connectivity index (χ0n) is 18.6. The molecule has 1 atom stereocenters. The van der Waals surface area contributed by atoms with Crippen LogP contribution < -0.4 is 14.2 Å². The average Bonchev–Trinajstić information content (AvgIpc) is 3.50. The number of fused-ring (bicyclic) bond motifs is 1. The highest BCUT2D eigenvalue weighted by Gasteiger charge is 2.33. The first-order valence-corrected chi connectivity index (χ1v) is 13.0. The molecule has 188 valence electrons. The fraction of sp³-hybridized carbons (Fsp3) is 0.217. The summed E-state index contributed by atoms with van der Waals surface area (Å²) in [7, 11) is -3.90. The number of aromatic nitrogens is 2. The molecule has 2 aromatic heterocycles. The number of oxazole rings is 1. The Morgan fingerprint density at radius 1 is 1.19 bits per heavy atom. The Hall–Kier alpha value is -3.58. The van der Waals surface area contributed by atoms with Crippen LogP contribution in [0.15, 0.2) is 63.6 Å². The third-order valence-electron chi connectivity index (χ3n) is 5.40. The molecule has 3 heterocycles. The summed E-state index contributed by atoms with van der Waals surface area (Å²) in [6.07, 6.45) is -2.00. The van der Waals surface area contributed by atoms with E-state index in [1.54, 1.807) is 18.4 Å². The first-order chi connectivity index (χ1) is 17.1. The molecule has 2 aromatic carbocycles. The van der Waals surface area contributed by atoms with Crippen LogP contribution in [0.1, 0.15) is 29.5 Å². The minimum atomic E-state index is -4.55. The van der Waals surface area contributed by atoms with E-state index in [9.17, 15) is 21.6 Å². The van der Waals surface area contributed by atoms with Gasteiger partial charge in [0, 0.05) is 42.1 Å². The van der Waals surface area contributed by atoms with Crippen LogP contribution in [0.5, 0.6) is 11.5 Å². The molecule has 1 aliphatic rings. The molecule has 0 aliphatic carbocycles. The Balaban J connectivity index is 1.47. The van der Waals surface area contributed by atoms with Gasteiger partial charge in [-0.25, -0.2) is 18.4 Å². The van der Waals surface area contributed by atoms with E-state index in [0.717, 1.165) is 23.5 Å². The maximum atomic E-state index is 13.4. The minimum Gasteiger partial charge on any atom is -0.493 e. The molecule has 5 rings (SSSR count). The van der Waals surface area contributed by atoms with Gasteiger partial charge >= 0.3 is 6.18 Å². The number of anilines is 1. The van der Waals surface area contributed by atoms with Crippen molar-refractivity contribution in [2.45, 2.75) is 30.5 Å². The standard InChI is InChI=1S/C23H18F3N3O5S2/c1-13-28-18(12-33-13)17-10-14(23(24,25)26)2-5-19(17)34-20-6-8-32-21-11-15(3-4-16(20)21)36(30,31)29-22-27-7-9-35-22/h2-5,7,9-12,20H,6,8H2,1H3,(H,27,29). The molecule has 36 heavy (non-hydrogen) atoms. The molecule has 0 fully saturated rings. The van der Waals surface area contributed by atoms with Crippen molar-refractivity contribution in [3.05, 3.63) is 71.3 Å². The largest absolute Gasteiger partial charge is 0.493 e. The van der Waals surface area contributed by atoms with Crippen LogP contribution >= 0.6 is 11.3 Å². The fourth-order valence-corrected chi connectivity index (χ4v) is 5.53. The topological polar surface area (TPSA) is 104 Å². The number of thiazole rings is 1. The maximum absolute atomic E-state index is 13.4. The lowest BCUT2D eigenvalue weighted by Crippen LogP contribution is -2.20. The van der Waals surface area contributed by atoms with Crippen molar-refractivity contribution in [3.63, 3.8) is 0 Å². The van der Waals surface area contributed by atoms with E-state index in [4.69, 9.17) is 13.9 Å². The van der Waals surface area contributed by atoms with Gasteiger partial charge in [-0.1, -0.05) is 6.07 Å². The number of nitrogens with one attached hydrogen (secondary N) is 1. The Kier molecular flexibility index (Phi) is 6.12. The van der Waals surface area contributed by atoms with Gasteiger partial charge in [0.15, 0.2) is 11.0 Å². The van der Waals surface area contributed by atoms with Crippen molar-refractivity contribution >= 4 is 26.5 Å². The molecule has 8 nitrogen and oxygen atoms in total. The number of aryl methyl sites for hydroxylation is 1. The highest BCUT2D eigenvalue weighted by molar-refractivity contribution is 7.93. The van der Waals surface area contributed by atoms with Crippen molar-refractivity contribution in [2.75, 3.05) is 11.3 Å². The van der Waals surface area contributed by atoms with Crippen LogP contribution in [0.25, 0.3) is 11.3 Å². The van der Waals surface area contributed by atoms with E-state index in [0.29, 0.717) is 23.6 Å². The molecule has 0 radical (unpaired) electrons. The summed E-state index contributed by atoms with van der Waals surface area (Å²) in [5.41, 5.74) is 0.0502. The predicted molar refractivity (Wildman–Crippen MR) is 125 cm³/mol. The molecule has 0 bridgehead atoms. The normalized spacial score (nSPS) is 15.7. The lowest BCUT2D eigenvalue weighted by molar-refractivity contribution is -0.137. The molecule has 1 N–H and O–H groups in total. The van der Waals surface area contributed by atoms with Crippen LogP contribution in [0.2, 0.25) is 0 Å². The number of benzene rings is 2. The summed E-state index contributed by atoms with van der Waals surface area (Å²) < 4.78 is 85.0. The molecule has 13 heteroatoms. The summed E-state index contributed by atoms with van der Waals surface area (Å²) in [5.74, 6) is 0.778.